The normalized spacial score (nSPS) is 16.8. The Morgan fingerprint density at radius 1 is 1.36 bits per heavy atom. The van der Waals surface area contributed by atoms with Crippen LogP contribution < -0.4 is 11.1 Å². The lowest BCUT2D eigenvalue weighted by Gasteiger charge is -2.26. The van der Waals surface area contributed by atoms with Crippen molar-refractivity contribution >= 4 is 17.6 Å². The highest BCUT2D eigenvalue weighted by Crippen LogP contribution is 2.39. The average Bonchev–Trinajstić information content (AvgIpc) is 2.54. The zero-order chi connectivity index (χ0) is 18.6. The minimum Gasteiger partial charge on any atom is -0.463 e. The van der Waals surface area contributed by atoms with E-state index in [1.807, 2.05) is 6.07 Å². The van der Waals surface area contributed by atoms with Crippen LogP contribution in [0.5, 0.6) is 0 Å². The number of esters is 1. The van der Waals surface area contributed by atoms with Crippen LogP contribution >= 0.6 is 0 Å². The lowest BCUT2D eigenvalue weighted by molar-refractivity contribution is -0.139. The molecule has 1 aromatic carbocycles. The molecule has 1 amide bonds. The van der Waals surface area contributed by atoms with Gasteiger partial charge in [-0.05, 0) is 31.5 Å². The smallest absolute Gasteiger partial charge is 0.338 e. The molecule has 1 heterocycles. The van der Waals surface area contributed by atoms with Crippen molar-refractivity contribution in [3.05, 3.63) is 52.6 Å². The minimum absolute atomic E-state index is 0.0380. The van der Waals surface area contributed by atoms with Gasteiger partial charge in [-0.1, -0.05) is 12.1 Å². The first-order valence-corrected chi connectivity index (χ1v) is 7.72. The average molecular weight is 341 g/mol. The van der Waals surface area contributed by atoms with Crippen molar-refractivity contribution in [2.75, 3.05) is 11.9 Å². The first-order valence-electron chi connectivity index (χ1n) is 7.72. The first kappa shape index (κ1) is 18.1. The molecule has 3 N–H and O–H groups in total. The van der Waals surface area contributed by atoms with Crippen molar-refractivity contribution in [1.29, 1.82) is 5.26 Å². The summed E-state index contributed by atoms with van der Waals surface area (Å²) in [5.41, 5.74) is 7.48. The van der Waals surface area contributed by atoms with E-state index in [2.05, 4.69) is 5.32 Å². The van der Waals surface area contributed by atoms with E-state index in [1.54, 1.807) is 38.1 Å². The van der Waals surface area contributed by atoms with Crippen LogP contribution in [-0.2, 0) is 19.1 Å². The highest BCUT2D eigenvalue weighted by Gasteiger charge is 2.36. The zero-order valence-corrected chi connectivity index (χ0v) is 14.3. The van der Waals surface area contributed by atoms with Crippen molar-refractivity contribution in [2.24, 2.45) is 5.73 Å². The number of anilines is 1. The number of carbonyl (C=O) groups excluding carboxylic acids is 2. The fraction of sp³-hybridized carbons (Fsp3) is 0.278. The Bertz CT molecular complexity index is 801. The van der Waals surface area contributed by atoms with Gasteiger partial charge in [0.25, 0.3) is 0 Å². The molecule has 1 aliphatic rings. The summed E-state index contributed by atoms with van der Waals surface area (Å²) in [5.74, 6) is -1.18. The van der Waals surface area contributed by atoms with E-state index in [1.165, 1.54) is 6.92 Å². The van der Waals surface area contributed by atoms with E-state index in [0.717, 1.165) is 0 Å². The Kier molecular flexibility index (Phi) is 5.45. The third-order valence-electron chi connectivity index (χ3n) is 3.67. The molecule has 0 bridgehead atoms. The van der Waals surface area contributed by atoms with Gasteiger partial charge in [0, 0.05) is 12.6 Å². The number of nitriles is 1. The number of rotatable bonds is 4. The van der Waals surface area contributed by atoms with Crippen LogP contribution in [0.3, 0.4) is 0 Å². The summed E-state index contributed by atoms with van der Waals surface area (Å²) in [6.45, 7) is 4.91. The van der Waals surface area contributed by atoms with Crippen LogP contribution in [0.15, 0.2) is 47.1 Å². The number of nitrogens with one attached hydrogen (secondary N) is 1. The Morgan fingerprint density at radius 2 is 2.00 bits per heavy atom. The number of ether oxygens (including phenoxy) is 2. The largest absolute Gasteiger partial charge is 0.463 e. The van der Waals surface area contributed by atoms with Gasteiger partial charge in [0.05, 0.1) is 18.1 Å². The Balaban J connectivity index is 2.50. The van der Waals surface area contributed by atoms with Crippen LogP contribution in [0.4, 0.5) is 5.69 Å². The van der Waals surface area contributed by atoms with Gasteiger partial charge in [0.15, 0.2) is 0 Å². The number of amides is 1. The lowest BCUT2D eigenvalue weighted by Crippen LogP contribution is -2.25. The number of nitrogens with zero attached hydrogens (tertiary/aromatic N) is 1. The fourth-order valence-electron chi connectivity index (χ4n) is 2.65. The highest BCUT2D eigenvalue weighted by atomic mass is 16.5. The predicted molar refractivity (Wildman–Crippen MR) is 90.7 cm³/mol. The molecule has 25 heavy (non-hydrogen) atoms. The fourth-order valence-corrected chi connectivity index (χ4v) is 2.65. The SMILES string of the molecule is CCOC(=O)C1=C(C)OC(N)=C(C#N)[C@@H]1c1ccc(NC(C)=O)cc1. The first-order chi connectivity index (χ1) is 11.9. The van der Waals surface area contributed by atoms with Gasteiger partial charge < -0.3 is 20.5 Å². The molecule has 7 heteroatoms. The van der Waals surface area contributed by atoms with Crippen molar-refractivity contribution in [2.45, 2.75) is 26.7 Å². The minimum atomic E-state index is -0.691. The molecule has 0 aromatic heterocycles. The molecule has 0 spiro atoms. The molecule has 1 aromatic rings. The van der Waals surface area contributed by atoms with Crippen LogP contribution in [-0.4, -0.2) is 18.5 Å². The second-order valence-corrected chi connectivity index (χ2v) is 5.42. The maximum atomic E-state index is 12.4. The van der Waals surface area contributed by atoms with Gasteiger partial charge in [-0.25, -0.2) is 4.79 Å². The van der Waals surface area contributed by atoms with Crippen LogP contribution in [0.2, 0.25) is 0 Å². The number of nitrogens with two attached hydrogens (primary N) is 1. The summed E-state index contributed by atoms with van der Waals surface area (Å²) in [4.78, 5) is 23.5. The number of carbonyl (C=O) groups is 2. The number of benzene rings is 1. The van der Waals surface area contributed by atoms with E-state index in [9.17, 15) is 14.9 Å². The molecular formula is C18H19N3O4. The van der Waals surface area contributed by atoms with E-state index in [0.29, 0.717) is 17.0 Å². The summed E-state index contributed by atoms with van der Waals surface area (Å²) in [6, 6.07) is 8.84. The molecule has 0 radical (unpaired) electrons. The van der Waals surface area contributed by atoms with Crippen molar-refractivity contribution < 1.29 is 19.1 Å². The quantitative estimate of drug-likeness (QED) is 0.812. The standard InChI is InChI=1S/C18H19N3O4/c1-4-24-18(23)15-10(2)25-17(20)14(9-19)16(15)12-5-7-13(8-6-12)21-11(3)22/h5-8,16H,4,20H2,1-3H3,(H,21,22)/t16-/m0/s1. The summed E-state index contributed by atoms with van der Waals surface area (Å²) in [6.07, 6.45) is 0. The van der Waals surface area contributed by atoms with Gasteiger partial charge in [-0.15, -0.1) is 0 Å². The topological polar surface area (TPSA) is 114 Å². The number of hydrogen-bond donors (Lipinski definition) is 2. The summed E-state index contributed by atoms with van der Waals surface area (Å²) in [5, 5.41) is 12.1. The molecule has 0 saturated heterocycles. The van der Waals surface area contributed by atoms with E-state index in [4.69, 9.17) is 15.2 Å². The zero-order valence-electron chi connectivity index (χ0n) is 14.3. The molecule has 0 saturated carbocycles. The Hall–Kier alpha value is -3.27. The lowest BCUT2D eigenvalue weighted by atomic mass is 9.83. The third-order valence-corrected chi connectivity index (χ3v) is 3.67. The molecule has 7 nitrogen and oxygen atoms in total. The van der Waals surface area contributed by atoms with Crippen molar-refractivity contribution in [3.8, 4) is 6.07 Å². The number of hydrogen-bond acceptors (Lipinski definition) is 6. The molecular weight excluding hydrogens is 322 g/mol. The predicted octanol–water partition coefficient (Wildman–Crippen LogP) is 2.29. The summed E-state index contributed by atoms with van der Waals surface area (Å²) >= 11 is 0. The molecule has 0 unspecified atom stereocenters. The van der Waals surface area contributed by atoms with Gasteiger partial charge in [-0.2, -0.15) is 5.26 Å². The van der Waals surface area contributed by atoms with E-state index in [-0.39, 0.29) is 29.5 Å². The maximum Gasteiger partial charge on any atom is 0.338 e. The van der Waals surface area contributed by atoms with Gasteiger partial charge in [0.2, 0.25) is 11.8 Å². The monoisotopic (exact) mass is 341 g/mol. The molecule has 0 fully saturated rings. The highest BCUT2D eigenvalue weighted by molar-refractivity contribution is 5.93. The van der Waals surface area contributed by atoms with Gasteiger partial charge >= 0.3 is 5.97 Å². The molecule has 0 aliphatic carbocycles. The van der Waals surface area contributed by atoms with E-state index >= 15 is 0 Å². The van der Waals surface area contributed by atoms with Gasteiger partial charge in [-0.3, -0.25) is 4.79 Å². The third kappa shape index (κ3) is 3.80. The van der Waals surface area contributed by atoms with E-state index < -0.39 is 11.9 Å². The number of allylic oxidation sites excluding steroid dienone is 2. The van der Waals surface area contributed by atoms with Crippen molar-refractivity contribution in [3.63, 3.8) is 0 Å². The summed E-state index contributed by atoms with van der Waals surface area (Å²) in [7, 11) is 0. The molecule has 2 rings (SSSR count). The molecule has 1 atom stereocenters. The maximum absolute atomic E-state index is 12.4. The second kappa shape index (κ2) is 7.53. The van der Waals surface area contributed by atoms with Crippen molar-refractivity contribution in [1.82, 2.24) is 0 Å². The van der Waals surface area contributed by atoms with Gasteiger partial charge in [0.1, 0.15) is 17.4 Å². The Labute approximate surface area is 145 Å². The van der Waals surface area contributed by atoms with Crippen LogP contribution in [0, 0.1) is 11.3 Å². The molecule has 1 aliphatic heterocycles. The molecule has 130 valence electrons. The van der Waals surface area contributed by atoms with Crippen LogP contribution in [0.25, 0.3) is 0 Å². The summed E-state index contributed by atoms with van der Waals surface area (Å²) < 4.78 is 10.5. The Morgan fingerprint density at radius 3 is 2.52 bits per heavy atom. The second-order valence-electron chi connectivity index (χ2n) is 5.42. The van der Waals surface area contributed by atoms with Crippen LogP contribution in [0.1, 0.15) is 32.3 Å².